The van der Waals surface area contributed by atoms with Crippen molar-refractivity contribution < 1.29 is 23.9 Å². The van der Waals surface area contributed by atoms with Crippen LogP contribution < -0.4 is 4.90 Å². The number of ether oxygens (including phenoxy) is 1. The lowest BCUT2D eigenvalue weighted by atomic mass is 9.77. The Hall–Kier alpha value is -3.42. The Balaban J connectivity index is 1.54. The van der Waals surface area contributed by atoms with Crippen LogP contribution in [0.3, 0.4) is 0 Å². The molecule has 0 radical (unpaired) electrons. The molecule has 0 aromatic heterocycles. The van der Waals surface area contributed by atoms with Crippen LogP contribution in [-0.4, -0.2) is 29.0 Å². The third-order valence-corrected chi connectivity index (χ3v) is 7.54. The molecule has 0 N–H and O–H groups in total. The highest BCUT2D eigenvalue weighted by Gasteiger charge is 2.74. The summed E-state index contributed by atoms with van der Waals surface area (Å²) in [6.45, 7) is 1.91. The molecule has 0 bridgehead atoms. The molecule has 2 saturated heterocycles. The van der Waals surface area contributed by atoms with E-state index in [1.165, 1.54) is 0 Å². The molecule has 3 aromatic rings. The number of rotatable bonds is 2. The summed E-state index contributed by atoms with van der Waals surface area (Å²) in [5.41, 5.74) is 0.396. The maximum Gasteiger partial charge on any atom is 0.241 e. The van der Waals surface area contributed by atoms with Gasteiger partial charge in [-0.3, -0.25) is 19.2 Å². The summed E-state index contributed by atoms with van der Waals surface area (Å²) in [6, 6.07) is 20.6. The number of ketones is 2. The van der Waals surface area contributed by atoms with Crippen molar-refractivity contribution in [3.8, 4) is 0 Å². The van der Waals surface area contributed by atoms with Gasteiger partial charge in [0.25, 0.3) is 0 Å². The Labute approximate surface area is 203 Å². The van der Waals surface area contributed by atoms with E-state index in [0.29, 0.717) is 11.3 Å². The van der Waals surface area contributed by atoms with Crippen LogP contribution in [0.15, 0.2) is 77.3 Å². The Morgan fingerprint density at radius 1 is 0.794 bits per heavy atom. The lowest BCUT2D eigenvalue weighted by Gasteiger charge is -2.27. The smallest absolute Gasteiger partial charge is 0.241 e. The summed E-state index contributed by atoms with van der Waals surface area (Å²) >= 11 is 3.40. The molecule has 34 heavy (non-hydrogen) atoms. The van der Waals surface area contributed by atoms with E-state index in [-0.39, 0.29) is 11.1 Å². The number of carbonyl (C=O) groups is 4. The summed E-state index contributed by atoms with van der Waals surface area (Å²) in [4.78, 5) is 56.1. The van der Waals surface area contributed by atoms with Crippen molar-refractivity contribution in [1.82, 2.24) is 0 Å². The highest BCUT2D eigenvalue weighted by Crippen LogP contribution is 2.57. The Kier molecular flexibility index (Phi) is 4.53. The van der Waals surface area contributed by atoms with Gasteiger partial charge in [-0.25, -0.2) is 4.90 Å². The number of benzene rings is 3. The predicted octanol–water partition coefficient (Wildman–Crippen LogP) is 4.45. The second-order valence-corrected chi connectivity index (χ2v) is 9.80. The standard InChI is InChI=1S/C27H18BrNO5/c1-14-6-12-17(13-7-14)29-25(32)20-21(26(29)33)27(34-22(20)15-8-10-16(28)11-9-15)23(30)18-4-2-3-5-19(18)24(27)31/h2-13,20-22H,1H3/t20-,21-,22-/m0/s1. The van der Waals surface area contributed by atoms with Crippen molar-refractivity contribution >= 4 is 45.0 Å². The number of anilines is 1. The van der Waals surface area contributed by atoms with E-state index >= 15 is 0 Å². The fourth-order valence-electron chi connectivity index (χ4n) is 5.42. The minimum absolute atomic E-state index is 0.219. The number of fused-ring (bicyclic) bond motifs is 3. The normalized spacial score (nSPS) is 24.8. The molecule has 3 aliphatic rings. The van der Waals surface area contributed by atoms with E-state index in [4.69, 9.17) is 4.74 Å². The van der Waals surface area contributed by atoms with Crippen molar-refractivity contribution in [2.24, 2.45) is 11.8 Å². The first-order valence-electron chi connectivity index (χ1n) is 10.9. The zero-order chi connectivity index (χ0) is 23.8. The van der Waals surface area contributed by atoms with E-state index in [2.05, 4.69) is 15.9 Å². The summed E-state index contributed by atoms with van der Waals surface area (Å²) < 4.78 is 7.10. The molecule has 6 rings (SSSR count). The van der Waals surface area contributed by atoms with Crippen LogP contribution in [-0.2, 0) is 14.3 Å². The van der Waals surface area contributed by atoms with E-state index in [9.17, 15) is 19.2 Å². The van der Waals surface area contributed by atoms with Crippen LogP contribution >= 0.6 is 15.9 Å². The van der Waals surface area contributed by atoms with Gasteiger partial charge in [0.15, 0.2) is 0 Å². The number of hydrogen-bond acceptors (Lipinski definition) is 5. The number of aryl methyl sites for hydroxylation is 1. The van der Waals surface area contributed by atoms with Gasteiger partial charge in [0, 0.05) is 15.6 Å². The second-order valence-electron chi connectivity index (χ2n) is 8.88. The Morgan fingerprint density at radius 3 is 1.97 bits per heavy atom. The monoisotopic (exact) mass is 515 g/mol. The van der Waals surface area contributed by atoms with Crippen molar-refractivity contribution in [2.45, 2.75) is 18.6 Å². The molecule has 0 unspecified atom stereocenters. The maximum atomic E-state index is 13.8. The summed E-state index contributed by atoms with van der Waals surface area (Å²) in [7, 11) is 0. The average Bonchev–Trinajstić information content (AvgIpc) is 3.40. The molecule has 2 fully saturated rings. The molecule has 3 aromatic carbocycles. The van der Waals surface area contributed by atoms with Gasteiger partial charge in [-0.1, -0.05) is 70.0 Å². The molecule has 168 valence electrons. The van der Waals surface area contributed by atoms with Gasteiger partial charge in [-0.05, 0) is 36.8 Å². The van der Waals surface area contributed by atoms with E-state index in [1.54, 1.807) is 60.7 Å². The molecule has 6 nitrogen and oxygen atoms in total. The predicted molar refractivity (Wildman–Crippen MR) is 126 cm³/mol. The molecule has 0 saturated carbocycles. The topological polar surface area (TPSA) is 80.8 Å². The second kappa shape index (κ2) is 7.29. The van der Waals surface area contributed by atoms with Gasteiger partial charge >= 0.3 is 0 Å². The Morgan fingerprint density at radius 2 is 1.38 bits per heavy atom. The van der Waals surface area contributed by atoms with Crippen molar-refractivity contribution in [3.63, 3.8) is 0 Å². The fraction of sp³-hybridized carbons (Fsp3) is 0.185. The van der Waals surface area contributed by atoms with Crippen LogP contribution in [0, 0.1) is 18.8 Å². The first kappa shape index (κ1) is 21.1. The highest BCUT2D eigenvalue weighted by atomic mass is 79.9. The van der Waals surface area contributed by atoms with Crippen molar-refractivity contribution in [1.29, 1.82) is 0 Å². The lowest BCUT2D eigenvalue weighted by Crippen LogP contribution is -2.51. The molecular formula is C27H18BrNO5. The summed E-state index contributed by atoms with van der Waals surface area (Å²) in [6.07, 6.45) is -0.924. The maximum absolute atomic E-state index is 13.8. The minimum atomic E-state index is -2.06. The fourth-order valence-corrected chi connectivity index (χ4v) is 5.68. The van der Waals surface area contributed by atoms with Crippen LogP contribution in [0.25, 0.3) is 0 Å². The number of hydrogen-bond donors (Lipinski definition) is 0. The molecule has 1 aliphatic carbocycles. The van der Waals surface area contributed by atoms with Crippen LogP contribution in [0.1, 0.15) is 37.9 Å². The SMILES string of the molecule is Cc1ccc(N2C(=O)[C@H]3[C@@H](C2=O)C2(O[C@H]3c3ccc(Br)cc3)C(=O)c3ccccc3C2=O)cc1. The summed E-state index contributed by atoms with van der Waals surface area (Å²) in [5, 5.41) is 0. The highest BCUT2D eigenvalue weighted by molar-refractivity contribution is 9.10. The zero-order valence-corrected chi connectivity index (χ0v) is 19.6. The number of nitrogens with zero attached hydrogens (tertiary/aromatic N) is 1. The third kappa shape index (κ3) is 2.65. The third-order valence-electron chi connectivity index (χ3n) is 7.01. The van der Waals surface area contributed by atoms with Crippen molar-refractivity contribution in [3.05, 3.63) is 99.5 Å². The van der Waals surface area contributed by atoms with Crippen LogP contribution in [0.4, 0.5) is 5.69 Å². The molecule has 3 atom stereocenters. The van der Waals surface area contributed by atoms with Gasteiger partial charge in [-0.15, -0.1) is 0 Å². The molecule has 2 heterocycles. The number of halogens is 1. The Bertz CT molecular complexity index is 1360. The molecule has 1 spiro atoms. The zero-order valence-electron chi connectivity index (χ0n) is 18.0. The van der Waals surface area contributed by atoms with Gasteiger partial charge in [0.05, 0.1) is 23.6 Å². The van der Waals surface area contributed by atoms with Crippen molar-refractivity contribution in [2.75, 3.05) is 4.90 Å². The van der Waals surface area contributed by atoms with Gasteiger partial charge in [0.2, 0.25) is 29.0 Å². The largest absolute Gasteiger partial charge is 0.349 e. The number of Topliss-reactive ketones (excluding diaryl/α,β-unsaturated/α-hetero) is 2. The van der Waals surface area contributed by atoms with E-state index in [0.717, 1.165) is 14.9 Å². The van der Waals surface area contributed by atoms with Gasteiger partial charge in [-0.2, -0.15) is 0 Å². The molecule has 2 amide bonds. The lowest BCUT2D eigenvalue weighted by molar-refractivity contribution is -0.127. The van der Waals surface area contributed by atoms with Crippen LogP contribution in [0.5, 0.6) is 0 Å². The molecular weight excluding hydrogens is 498 g/mol. The van der Waals surface area contributed by atoms with E-state index in [1.807, 2.05) is 19.1 Å². The average molecular weight is 516 g/mol. The minimum Gasteiger partial charge on any atom is -0.349 e. The van der Waals surface area contributed by atoms with Gasteiger partial charge < -0.3 is 4.74 Å². The first-order valence-corrected chi connectivity index (χ1v) is 11.7. The molecule has 7 heteroatoms. The molecule has 2 aliphatic heterocycles. The number of carbonyl (C=O) groups excluding carboxylic acids is 4. The first-order chi connectivity index (χ1) is 16.3. The summed E-state index contributed by atoms with van der Waals surface area (Å²) in [5.74, 6) is -4.43. The quantitative estimate of drug-likeness (QED) is 0.372. The van der Waals surface area contributed by atoms with E-state index < -0.39 is 46.9 Å². The van der Waals surface area contributed by atoms with Crippen LogP contribution in [0.2, 0.25) is 0 Å². The van der Waals surface area contributed by atoms with Gasteiger partial charge in [0.1, 0.15) is 0 Å². The number of amides is 2. The number of imide groups is 1.